The molecule has 0 amide bonds. The molecule has 0 aromatic heterocycles. The molecule has 0 rings (SSSR count). The zero-order valence-electron chi connectivity index (χ0n) is 2.63. The van der Waals surface area contributed by atoms with E-state index in [4.69, 9.17) is 0 Å². The van der Waals surface area contributed by atoms with Crippen molar-refractivity contribution in [3.63, 3.8) is 0 Å². The van der Waals surface area contributed by atoms with Crippen molar-refractivity contribution in [3.8, 4) is 0 Å². The molecule has 2 nitrogen and oxygen atoms in total. The zero-order chi connectivity index (χ0) is 4.28. The van der Waals surface area contributed by atoms with Crippen LogP contribution in [-0.4, -0.2) is 15.0 Å². The maximum absolute atomic E-state index is 9.33. The van der Waals surface area contributed by atoms with E-state index in [1.807, 2.05) is 0 Å². The first-order chi connectivity index (χ1) is 2.27. The summed E-state index contributed by atoms with van der Waals surface area (Å²) in [5, 5.41) is 0. The van der Waals surface area contributed by atoms with Gasteiger partial charge in [0.05, 0.1) is 0 Å². The predicted octanol–water partition coefficient (Wildman–Crippen LogP) is 0.780. The Kier molecular flexibility index (Phi) is 8.81. The van der Waals surface area contributed by atoms with Crippen molar-refractivity contribution >= 4 is 20.9 Å². The van der Waals surface area contributed by atoms with Gasteiger partial charge in [0.15, 0.2) is 0 Å². The van der Waals surface area contributed by atoms with E-state index in [1.54, 1.807) is 0 Å². The van der Waals surface area contributed by atoms with Crippen LogP contribution >= 0.6 is 10.8 Å². The number of rotatable bonds is 1. The van der Waals surface area contributed by atoms with Crippen molar-refractivity contribution in [1.82, 2.24) is 0 Å². The molecule has 0 bridgehead atoms. The van der Waals surface area contributed by atoms with Gasteiger partial charge in [0.25, 0.3) is 0 Å². The summed E-state index contributed by atoms with van der Waals surface area (Å²) in [4.78, 5) is 0. The van der Waals surface area contributed by atoms with Crippen LogP contribution in [0, 0.1) is 0 Å². The Balaban J connectivity index is 0. The van der Waals surface area contributed by atoms with Crippen LogP contribution in [0.4, 0.5) is 0 Å². The third kappa shape index (κ3) is 8.82. The lowest BCUT2D eigenvalue weighted by molar-refractivity contribution is 0.553. The molecular formula is C2H7O2S2-. The SMILES string of the molecule is C.CSS(=O)[O-]. The monoisotopic (exact) mass is 127 g/mol. The van der Waals surface area contributed by atoms with Gasteiger partial charge in [-0.05, 0) is 6.26 Å². The Bertz CT molecular complexity index is 44.8. The molecule has 0 saturated heterocycles. The first-order valence-electron chi connectivity index (χ1n) is 0.908. The molecule has 0 N–H and O–H groups in total. The predicted molar refractivity (Wildman–Crippen MR) is 29.2 cm³/mol. The standard InChI is InChI=1S/CH4O2S2.CH4/c1-4-5(2)3;/h1H3,(H,2,3);1H4/p-1. The van der Waals surface area contributed by atoms with Crippen molar-refractivity contribution in [2.24, 2.45) is 0 Å². The average molecular weight is 127 g/mol. The second-order valence-corrected chi connectivity index (χ2v) is 2.93. The van der Waals surface area contributed by atoms with E-state index >= 15 is 0 Å². The summed E-state index contributed by atoms with van der Waals surface area (Å²) in [6, 6.07) is 0. The maximum Gasteiger partial charge on any atom is 0.00658 e. The topological polar surface area (TPSA) is 40.1 Å². The van der Waals surface area contributed by atoms with E-state index in [0.717, 1.165) is 10.8 Å². The molecule has 0 aromatic rings. The fourth-order valence-electron chi connectivity index (χ4n) is 0. The normalized spacial score (nSPS) is 12.3. The first-order valence-corrected chi connectivity index (χ1v) is 3.72. The van der Waals surface area contributed by atoms with Gasteiger partial charge in [-0.2, -0.15) is 0 Å². The molecule has 1 atom stereocenters. The molecule has 0 aliphatic rings. The summed E-state index contributed by atoms with van der Waals surface area (Å²) in [5.74, 6) is 0. The van der Waals surface area contributed by atoms with Crippen molar-refractivity contribution < 1.29 is 8.76 Å². The molecule has 1 unspecified atom stereocenters. The molecule has 0 spiro atoms. The Morgan fingerprint density at radius 1 is 1.83 bits per heavy atom. The molecule has 40 valence electrons. The Labute approximate surface area is 44.0 Å². The van der Waals surface area contributed by atoms with Gasteiger partial charge in [-0.1, -0.05) is 18.2 Å². The summed E-state index contributed by atoms with van der Waals surface area (Å²) < 4.78 is 18.7. The average Bonchev–Trinajstić information content (AvgIpc) is 1.38. The molecule has 0 aliphatic heterocycles. The minimum atomic E-state index is -1.91. The van der Waals surface area contributed by atoms with Gasteiger partial charge in [-0.3, -0.25) is 4.21 Å². The molecule has 0 aromatic carbocycles. The van der Waals surface area contributed by atoms with E-state index in [9.17, 15) is 8.76 Å². The molecule has 0 saturated carbocycles. The summed E-state index contributed by atoms with van der Waals surface area (Å²) in [6.45, 7) is 0. The van der Waals surface area contributed by atoms with Crippen molar-refractivity contribution in [2.75, 3.05) is 6.26 Å². The van der Waals surface area contributed by atoms with Gasteiger partial charge >= 0.3 is 0 Å². The summed E-state index contributed by atoms with van der Waals surface area (Å²) >= 11 is 0. The fraction of sp³-hybridized carbons (Fsp3) is 1.00. The molecule has 0 radical (unpaired) electrons. The van der Waals surface area contributed by atoms with Crippen LogP contribution < -0.4 is 0 Å². The van der Waals surface area contributed by atoms with E-state index < -0.39 is 10.1 Å². The summed E-state index contributed by atoms with van der Waals surface area (Å²) in [7, 11) is -1.11. The van der Waals surface area contributed by atoms with E-state index in [1.165, 1.54) is 6.26 Å². The number of hydrogen-bond acceptors (Lipinski definition) is 3. The van der Waals surface area contributed by atoms with Crippen LogP contribution in [0.2, 0.25) is 0 Å². The lowest BCUT2D eigenvalue weighted by atomic mass is 12.0. The van der Waals surface area contributed by atoms with Crippen molar-refractivity contribution in [1.29, 1.82) is 0 Å². The van der Waals surface area contributed by atoms with E-state index in [0.29, 0.717) is 0 Å². The van der Waals surface area contributed by atoms with Gasteiger partial charge in [0.1, 0.15) is 0 Å². The van der Waals surface area contributed by atoms with Crippen LogP contribution in [-0.2, 0) is 10.1 Å². The molecule has 0 aliphatic carbocycles. The highest BCUT2D eigenvalue weighted by Crippen LogP contribution is 1.92. The van der Waals surface area contributed by atoms with Gasteiger partial charge in [-0.25, -0.2) is 0 Å². The van der Waals surface area contributed by atoms with Gasteiger partial charge in [-0.15, -0.1) is 0 Å². The molecular weight excluding hydrogens is 120 g/mol. The third-order valence-corrected chi connectivity index (χ3v) is 1.22. The Hall–Kier alpha value is 0.460. The van der Waals surface area contributed by atoms with Crippen molar-refractivity contribution in [2.45, 2.75) is 7.43 Å². The largest absolute Gasteiger partial charge is 0.764 e. The van der Waals surface area contributed by atoms with Gasteiger partial charge in [0, 0.05) is 10.1 Å². The van der Waals surface area contributed by atoms with Crippen LogP contribution in [0.15, 0.2) is 0 Å². The fourth-order valence-corrected chi connectivity index (χ4v) is 0. The van der Waals surface area contributed by atoms with E-state index in [-0.39, 0.29) is 7.43 Å². The smallest absolute Gasteiger partial charge is 0.00658 e. The van der Waals surface area contributed by atoms with Crippen LogP contribution in [0.3, 0.4) is 0 Å². The Morgan fingerprint density at radius 2 is 2.00 bits per heavy atom. The highest BCUT2D eigenvalue weighted by Gasteiger charge is 1.62. The van der Waals surface area contributed by atoms with Gasteiger partial charge < -0.3 is 4.55 Å². The van der Waals surface area contributed by atoms with Crippen LogP contribution in [0.1, 0.15) is 7.43 Å². The van der Waals surface area contributed by atoms with Crippen LogP contribution in [0.5, 0.6) is 0 Å². The summed E-state index contributed by atoms with van der Waals surface area (Å²) in [5.41, 5.74) is 0. The van der Waals surface area contributed by atoms with Crippen LogP contribution in [0.25, 0.3) is 0 Å². The minimum Gasteiger partial charge on any atom is -0.764 e. The van der Waals surface area contributed by atoms with Crippen molar-refractivity contribution in [3.05, 3.63) is 0 Å². The second kappa shape index (κ2) is 5.46. The van der Waals surface area contributed by atoms with Gasteiger partial charge in [0.2, 0.25) is 0 Å². The Morgan fingerprint density at radius 3 is 2.00 bits per heavy atom. The highest BCUT2D eigenvalue weighted by atomic mass is 33.1. The summed E-state index contributed by atoms with van der Waals surface area (Å²) in [6.07, 6.45) is 1.50. The minimum absolute atomic E-state index is 0. The highest BCUT2D eigenvalue weighted by molar-refractivity contribution is 8.66. The number of hydrogen-bond donors (Lipinski definition) is 0. The molecule has 6 heavy (non-hydrogen) atoms. The zero-order valence-corrected chi connectivity index (χ0v) is 4.27. The lowest BCUT2D eigenvalue weighted by Crippen LogP contribution is -1.70. The molecule has 4 heteroatoms. The maximum atomic E-state index is 9.33. The second-order valence-electron chi connectivity index (χ2n) is 0.371. The quantitative estimate of drug-likeness (QED) is 0.386. The third-order valence-electron chi connectivity index (χ3n) is 0.136. The molecule has 0 heterocycles. The van der Waals surface area contributed by atoms with E-state index in [2.05, 4.69) is 0 Å². The first kappa shape index (κ1) is 9.68. The molecule has 0 fully saturated rings. The lowest BCUT2D eigenvalue weighted by Gasteiger charge is -1.92.